The third kappa shape index (κ3) is 2.43. The van der Waals surface area contributed by atoms with Crippen LogP contribution in [0.1, 0.15) is 25.0 Å². The van der Waals surface area contributed by atoms with Crippen molar-refractivity contribution < 1.29 is 4.74 Å². The van der Waals surface area contributed by atoms with Crippen LogP contribution in [0.3, 0.4) is 0 Å². The molecule has 3 nitrogen and oxygen atoms in total. The maximum Gasteiger partial charge on any atom is 0.189 e. The molecule has 2 aromatic rings. The molecule has 0 radical (unpaired) electrons. The lowest BCUT2D eigenvalue weighted by Gasteiger charge is -2.25. The molecule has 2 heterocycles. The molecule has 1 aliphatic heterocycles. The highest BCUT2D eigenvalue weighted by Gasteiger charge is 2.16. The number of pyridine rings is 1. The van der Waals surface area contributed by atoms with Crippen LogP contribution >= 0.6 is 0 Å². The van der Waals surface area contributed by atoms with E-state index in [1.54, 1.807) is 6.07 Å². The number of hydrogen-bond acceptors (Lipinski definition) is 2. The Morgan fingerprint density at radius 1 is 1.32 bits per heavy atom. The van der Waals surface area contributed by atoms with E-state index in [1.165, 1.54) is 12.8 Å². The summed E-state index contributed by atoms with van der Waals surface area (Å²) in [6, 6.07) is 9.55. The third-order valence-electron chi connectivity index (χ3n) is 3.89. The van der Waals surface area contributed by atoms with E-state index in [1.807, 2.05) is 31.2 Å². The summed E-state index contributed by atoms with van der Waals surface area (Å²) in [5.74, 6) is 0. The summed E-state index contributed by atoms with van der Waals surface area (Å²) in [7, 11) is 0. The van der Waals surface area contributed by atoms with Crippen molar-refractivity contribution in [2.24, 2.45) is 0 Å². The zero-order chi connectivity index (χ0) is 13.2. The van der Waals surface area contributed by atoms with Crippen LogP contribution in [0.4, 0.5) is 0 Å². The van der Waals surface area contributed by atoms with Crippen LogP contribution in [0.2, 0.25) is 0 Å². The van der Waals surface area contributed by atoms with Gasteiger partial charge in [0.05, 0.1) is 11.6 Å². The van der Waals surface area contributed by atoms with Crippen LogP contribution in [0, 0.1) is 6.92 Å². The summed E-state index contributed by atoms with van der Waals surface area (Å²) in [5, 5.41) is 0.795. The molecular formula is C16H19NO2. The Kier molecular flexibility index (Phi) is 3.38. The lowest BCUT2D eigenvalue weighted by molar-refractivity contribution is 0.00631. The number of ether oxygens (including phenoxy) is 1. The largest absolute Gasteiger partial charge is 0.376 e. The first-order valence-electron chi connectivity index (χ1n) is 6.96. The van der Waals surface area contributed by atoms with E-state index >= 15 is 0 Å². The standard InChI is InChI=1S/C16H19NO2/c1-12-10-16(18)14-7-2-3-8-15(14)17(12)11-13-6-4-5-9-19-13/h2-3,7-8,10,13H,4-6,9,11H2,1H3/t13-/m0/s1. The summed E-state index contributed by atoms with van der Waals surface area (Å²) in [4.78, 5) is 12.0. The maximum absolute atomic E-state index is 12.0. The van der Waals surface area contributed by atoms with Gasteiger partial charge in [-0.3, -0.25) is 4.79 Å². The Bertz CT molecular complexity index is 639. The minimum Gasteiger partial charge on any atom is -0.376 e. The Morgan fingerprint density at radius 2 is 2.16 bits per heavy atom. The fourth-order valence-corrected chi connectivity index (χ4v) is 2.85. The predicted octanol–water partition coefficient (Wildman–Crippen LogP) is 2.88. The van der Waals surface area contributed by atoms with Crippen LogP contribution in [-0.4, -0.2) is 17.3 Å². The molecule has 0 saturated carbocycles. The summed E-state index contributed by atoms with van der Waals surface area (Å²) in [6.45, 7) is 3.70. The molecule has 0 amide bonds. The molecule has 1 atom stereocenters. The summed E-state index contributed by atoms with van der Waals surface area (Å²) < 4.78 is 8.03. The summed E-state index contributed by atoms with van der Waals surface area (Å²) in [5.41, 5.74) is 2.13. The Morgan fingerprint density at radius 3 is 2.95 bits per heavy atom. The molecule has 100 valence electrons. The molecule has 0 N–H and O–H groups in total. The highest BCUT2D eigenvalue weighted by Crippen LogP contribution is 2.18. The number of aromatic nitrogens is 1. The summed E-state index contributed by atoms with van der Waals surface area (Å²) >= 11 is 0. The van der Waals surface area contributed by atoms with Gasteiger partial charge >= 0.3 is 0 Å². The van der Waals surface area contributed by atoms with E-state index < -0.39 is 0 Å². The van der Waals surface area contributed by atoms with Gasteiger partial charge in [-0.1, -0.05) is 12.1 Å². The van der Waals surface area contributed by atoms with Crippen molar-refractivity contribution >= 4 is 10.9 Å². The van der Waals surface area contributed by atoms with Crippen LogP contribution < -0.4 is 5.43 Å². The van der Waals surface area contributed by atoms with Gasteiger partial charge in [-0.05, 0) is 38.3 Å². The van der Waals surface area contributed by atoms with Gasteiger partial charge in [-0.25, -0.2) is 0 Å². The van der Waals surface area contributed by atoms with Gasteiger partial charge in [0.15, 0.2) is 5.43 Å². The van der Waals surface area contributed by atoms with E-state index in [0.717, 1.165) is 36.2 Å². The van der Waals surface area contributed by atoms with Crippen LogP contribution in [0.25, 0.3) is 10.9 Å². The lowest BCUT2D eigenvalue weighted by atomic mass is 10.1. The zero-order valence-corrected chi connectivity index (χ0v) is 11.3. The van der Waals surface area contributed by atoms with Crippen molar-refractivity contribution in [3.05, 3.63) is 46.2 Å². The average Bonchev–Trinajstić information content (AvgIpc) is 2.45. The van der Waals surface area contributed by atoms with Crippen molar-refractivity contribution in [1.29, 1.82) is 0 Å². The van der Waals surface area contributed by atoms with E-state index in [-0.39, 0.29) is 11.5 Å². The normalized spacial score (nSPS) is 19.7. The smallest absolute Gasteiger partial charge is 0.189 e. The predicted molar refractivity (Wildman–Crippen MR) is 76.5 cm³/mol. The average molecular weight is 257 g/mol. The number of hydrogen-bond donors (Lipinski definition) is 0. The molecular weight excluding hydrogens is 238 g/mol. The molecule has 3 heteroatoms. The van der Waals surface area contributed by atoms with Gasteiger partial charge in [0.2, 0.25) is 0 Å². The van der Waals surface area contributed by atoms with Gasteiger partial charge in [-0.2, -0.15) is 0 Å². The van der Waals surface area contributed by atoms with E-state index in [2.05, 4.69) is 4.57 Å². The second kappa shape index (κ2) is 5.17. The molecule has 0 aliphatic carbocycles. The summed E-state index contributed by atoms with van der Waals surface area (Å²) in [6.07, 6.45) is 3.79. The molecule has 1 fully saturated rings. The van der Waals surface area contributed by atoms with Gasteiger partial charge < -0.3 is 9.30 Å². The first-order chi connectivity index (χ1) is 9.25. The second-order valence-electron chi connectivity index (χ2n) is 5.27. The van der Waals surface area contributed by atoms with E-state index in [0.29, 0.717) is 0 Å². The highest BCUT2D eigenvalue weighted by atomic mass is 16.5. The Labute approximate surface area is 112 Å². The molecule has 1 saturated heterocycles. The Balaban J connectivity index is 2.04. The first kappa shape index (κ1) is 12.4. The number of rotatable bonds is 2. The van der Waals surface area contributed by atoms with Crippen LogP contribution in [-0.2, 0) is 11.3 Å². The van der Waals surface area contributed by atoms with Gasteiger partial charge in [-0.15, -0.1) is 0 Å². The SMILES string of the molecule is Cc1cc(=O)c2ccccc2n1C[C@@H]1CCCCO1. The van der Waals surface area contributed by atoms with Crippen molar-refractivity contribution in [3.63, 3.8) is 0 Å². The van der Waals surface area contributed by atoms with E-state index in [4.69, 9.17) is 4.74 Å². The van der Waals surface area contributed by atoms with Gasteiger partial charge in [0.25, 0.3) is 0 Å². The first-order valence-corrected chi connectivity index (χ1v) is 6.96. The van der Waals surface area contributed by atoms with Crippen molar-refractivity contribution in [2.75, 3.05) is 6.61 Å². The molecule has 1 aromatic heterocycles. The third-order valence-corrected chi connectivity index (χ3v) is 3.89. The van der Waals surface area contributed by atoms with Gasteiger partial charge in [0, 0.05) is 30.3 Å². The molecule has 0 bridgehead atoms. The topological polar surface area (TPSA) is 31.2 Å². The number of benzene rings is 1. The minimum atomic E-state index is 0.105. The molecule has 0 spiro atoms. The van der Waals surface area contributed by atoms with Crippen molar-refractivity contribution in [3.8, 4) is 0 Å². The lowest BCUT2D eigenvalue weighted by Crippen LogP contribution is -2.26. The van der Waals surface area contributed by atoms with E-state index in [9.17, 15) is 4.79 Å². The fraction of sp³-hybridized carbons (Fsp3) is 0.438. The fourth-order valence-electron chi connectivity index (χ4n) is 2.85. The number of aryl methyl sites for hydroxylation is 1. The minimum absolute atomic E-state index is 0.105. The van der Waals surface area contributed by atoms with Gasteiger partial charge in [0.1, 0.15) is 0 Å². The van der Waals surface area contributed by atoms with Crippen molar-refractivity contribution in [2.45, 2.75) is 38.8 Å². The molecule has 19 heavy (non-hydrogen) atoms. The van der Waals surface area contributed by atoms with Crippen LogP contribution in [0.5, 0.6) is 0 Å². The maximum atomic E-state index is 12.0. The molecule has 0 unspecified atom stereocenters. The highest BCUT2D eigenvalue weighted by molar-refractivity contribution is 5.79. The second-order valence-corrected chi connectivity index (χ2v) is 5.27. The quantitative estimate of drug-likeness (QED) is 0.828. The van der Waals surface area contributed by atoms with Crippen molar-refractivity contribution in [1.82, 2.24) is 4.57 Å². The molecule has 1 aromatic carbocycles. The number of nitrogens with zero attached hydrogens (tertiary/aromatic N) is 1. The molecule has 1 aliphatic rings. The van der Waals surface area contributed by atoms with Crippen LogP contribution in [0.15, 0.2) is 35.1 Å². The molecule has 3 rings (SSSR count). The monoisotopic (exact) mass is 257 g/mol. The number of fused-ring (bicyclic) bond motifs is 1. The zero-order valence-electron chi connectivity index (χ0n) is 11.3. The number of para-hydroxylation sites is 1. The Hall–Kier alpha value is -1.61.